The van der Waals surface area contributed by atoms with E-state index in [2.05, 4.69) is 70.9 Å². The van der Waals surface area contributed by atoms with Gasteiger partial charge >= 0.3 is 0 Å². The van der Waals surface area contributed by atoms with Crippen molar-refractivity contribution in [2.45, 2.75) is 81.7 Å². The predicted molar refractivity (Wildman–Crippen MR) is 199 cm³/mol. The van der Waals surface area contributed by atoms with E-state index in [1.54, 1.807) is 12.1 Å². The highest BCUT2D eigenvalue weighted by molar-refractivity contribution is 6.05. The Labute approximate surface area is 310 Å². The number of imide groups is 1. The number of phenolic OH excluding ortho intramolecular Hbond substituents is 1. The van der Waals surface area contributed by atoms with Crippen LogP contribution < -0.4 is 10.1 Å². The Morgan fingerprint density at radius 3 is 2.38 bits per heavy atom. The van der Waals surface area contributed by atoms with Crippen LogP contribution in [0.1, 0.15) is 106 Å². The van der Waals surface area contributed by atoms with E-state index in [0.717, 1.165) is 75.0 Å². The fourth-order valence-electron chi connectivity index (χ4n) is 9.16. The SMILES string of the molecule is O=C1CCC(N2Cc3c(cc(F)cc3C3CCN(CCCCOc4ccc(C5c6ccc(O)cc6CCC5c5ccccc5)cc4)CC3)C2=O)C(=O)N1. The third-order valence-corrected chi connectivity index (χ3v) is 11.9. The van der Waals surface area contributed by atoms with Crippen LogP contribution in [0.3, 0.4) is 0 Å². The normalized spacial score (nSPS) is 22.0. The van der Waals surface area contributed by atoms with E-state index in [-0.39, 0.29) is 43.0 Å². The van der Waals surface area contributed by atoms with Crippen molar-refractivity contribution in [3.05, 3.63) is 130 Å². The van der Waals surface area contributed by atoms with Crippen molar-refractivity contribution >= 4 is 17.7 Å². The number of phenols is 1. The Morgan fingerprint density at radius 1 is 0.811 bits per heavy atom. The van der Waals surface area contributed by atoms with Crippen LogP contribution in [0.4, 0.5) is 4.39 Å². The molecule has 3 atom stereocenters. The first-order chi connectivity index (χ1) is 25.8. The van der Waals surface area contributed by atoms with Gasteiger partial charge in [-0.15, -0.1) is 0 Å². The summed E-state index contributed by atoms with van der Waals surface area (Å²) in [5, 5.41) is 12.5. The van der Waals surface area contributed by atoms with Gasteiger partial charge in [0.05, 0.1) is 6.61 Å². The molecule has 4 aromatic carbocycles. The monoisotopic (exact) mass is 715 g/mol. The minimum Gasteiger partial charge on any atom is -0.508 e. The molecule has 3 heterocycles. The third-order valence-electron chi connectivity index (χ3n) is 11.9. The molecule has 9 heteroatoms. The number of halogens is 1. The summed E-state index contributed by atoms with van der Waals surface area (Å²) in [6, 6.07) is 27.3. The molecule has 0 spiro atoms. The molecule has 53 heavy (non-hydrogen) atoms. The molecule has 3 amide bonds. The molecule has 2 saturated heterocycles. The number of nitrogens with zero attached hydrogens (tertiary/aromatic N) is 2. The highest BCUT2D eigenvalue weighted by Crippen LogP contribution is 2.47. The van der Waals surface area contributed by atoms with Crippen molar-refractivity contribution in [3.63, 3.8) is 0 Å². The molecule has 0 aromatic heterocycles. The van der Waals surface area contributed by atoms with Crippen molar-refractivity contribution in [2.24, 2.45) is 0 Å². The zero-order valence-electron chi connectivity index (χ0n) is 29.9. The average Bonchev–Trinajstić information content (AvgIpc) is 3.49. The number of carbonyl (C=O) groups excluding carboxylic acids is 3. The summed E-state index contributed by atoms with van der Waals surface area (Å²) in [5.74, 6) is 0.360. The molecule has 4 aliphatic rings. The predicted octanol–water partition coefficient (Wildman–Crippen LogP) is 7.19. The largest absolute Gasteiger partial charge is 0.508 e. The number of unbranched alkanes of at least 4 members (excludes halogenated alkanes) is 1. The molecule has 274 valence electrons. The maximum Gasteiger partial charge on any atom is 0.255 e. The number of hydrogen-bond donors (Lipinski definition) is 2. The van der Waals surface area contributed by atoms with Gasteiger partial charge in [-0.3, -0.25) is 19.7 Å². The number of amides is 3. The Kier molecular flexibility index (Phi) is 10.0. The van der Waals surface area contributed by atoms with Crippen molar-refractivity contribution in [2.75, 3.05) is 26.2 Å². The lowest BCUT2D eigenvalue weighted by Gasteiger charge is -2.35. The van der Waals surface area contributed by atoms with E-state index < -0.39 is 17.8 Å². The van der Waals surface area contributed by atoms with Crippen LogP contribution in [0.2, 0.25) is 0 Å². The van der Waals surface area contributed by atoms with Crippen LogP contribution in [0.25, 0.3) is 0 Å². The summed E-state index contributed by atoms with van der Waals surface area (Å²) >= 11 is 0. The quantitative estimate of drug-likeness (QED) is 0.133. The first-order valence-electron chi connectivity index (χ1n) is 19.1. The Morgan fingerprint density at radius 2 is 1.60 bits per heavy atom. The van der Waals surface area contributed by atoms with Crippen LogP contribution in [-0.4, -0.2) is 64.9 Å². The van der Waals surface area contributed by atoms with Gasteiger partial charge in [0.15, 0.2) is 0 Å². The summed E-state index contributed by atoms with van der Waals surface area (Å²) in [6.07, 6.45) is 6.16. The van der Waals surface area contributed by atoms with Crippen LogP contribution in [0, 0.1) is 5.82 Å². The molecule has 3 aliphatic heterocycles. The number of piperidine rings is 2. The molecule has 2 N–H and O–H groups in total. The second-order valence-electron chi connectivity index (χ2n) is 15.1. The molecule has 4 aromatic rings. The molecular formula is C44H46FN3O5. The van der Waals surface area contributed by atoms with E-state index in [1.807, 2.05) is 6.07 Å². The van der Waals surface area contributed by atoms with Crippen LogP contribution >= 0.6 is 0 Å². The zero-order valence-corrected chi connectivity index (χ0v) is 29.9. The van der Waals surface area contributed by atoms with E-state index >= 15 is 0 Å². The summed E-state index contributed by atoms with van der Waals surface area (Å²) < 4.78 is 21.0. The van der Waals surface area contributed by atoms with E-state index in [1.165, 1.54) is 33.2 Å². The number of benzene rings is 4. The van der Waals surface area contributed by atoms with Gasteiger partial charge in [0, 0.05) is 24.4 Å². The van der Waals surface area contributed by atoms with Crippen molar-refractivity contribution in [1.82, 2.24) is 15.1 Å². The summed E-state index contributed by atoms with van der Waals surface area (Å²) in [6.45, 7) is 3.68. The van der Waals surface area contributed by atoms with Gasteiger partial charge < -0.3 is 19.6 Å². The van der Waals surface area contributed by atoms with Gasteiger partial charge in [-0.1, -0.05) is 48.5 Å². The molecule has 3 unspecified atom stereocenters. The molecule has 1 aliphatic carbocycles. The van der Waals surface area contributed by atoms with Gasteiger partial charge in [-0.2, -0.15) is 0 Å². The summed E-state index contributed by atoms with van der Waals surface area (Å²) in [7, 11) is 0. The van der Waals surface area contributed by atoms with E-state index in [9.17, 15) is 23.9 Å². The third kappa shape index (κ3) is 7.32. The number of aromatic hydroxyl groups is 1. The topological polar surface area (TPSA) is 99.2 Å². The minimum atomic E-state index is -0.710. The van der Waals surface area contributed by atoms with Gasteiger partial charge in [0.2, 0.25) is 11.8 Å². The number of carbonyl (C=O) groups is 3. The number of likely N-dealkylation sites (tertiary alicyclic amines) is 1. The lowest BCUT2D eigenvalue weighted by atomic mass is 9.69. The van der Waals surface area contributed by atoms with Gasteiger partial charge in [-0.05, 0) is 146 Å². The number of rotatable bonds is 10. The zero-order chi connectivity index (χ0) is 36.5. The molecule has 8 rings (SSSR count). The molecule has 0 bridgehead atoms. The van der Waals surface area contributed by atoms with Crippen molar-refractivity contribution in [3.8, 4) is 11.5 Å². The number of nitrogens with one attached hydrogen (secondary N) is 1. The average molecular weight is 716 g/mol. The van der Waals surface area contributed by atoms with Crippen LogP contribution in [-0.2, 0) is 22.6 Å². The van der Waals surface area contributed by atoms with Crippen LogP contribution in [0.5, 0.6) is 11.5 Å². The first-order valence-corrected chi connectivity index (χ1v) is 19.1. The maximum absolute atomic E-state index is 14.8. The molecule has 0 saturated carbocycles. The minimum absolute atomic E-state index is 0.147. The fourth-order valence-corrected chi connectivity index (χ4v) is 9.16. The Bertz CT molecular complexity index is 1990. The standard InChI is InChI=1S/C44H46FN3O5/c45-32-25-37(39-27-48(44(52)38(39)26-32)40-16-17-41(50)46-43(40)51)29-18-21-47(22-19-29)20-4-5-23-53-34-12-8-30(9-13-34)42-35(28-6-2-1-3-7-28)14-10-31-24-33(49)11-15-36(31)42/h1-3,6-9,11-13,15,24-26,29,35,40,42,49H,4-5,10,14,16-23,27H2,(H,46,50,51). The second-order valence-corrected chi connectivity index (χ2v) is 15.1. The smallest absolute Gasteiger partial charge is 0.255 e. The Hall–Kier alpha value is -5.02. The van der Waals surface area contributed by atoms with Crippen LogP contribution in [0.15, 0.2) is 84.9 Å². The van der Waals surface area contributed by atoms with Gasteiger partial charge in [-0.25, -0.2) is 4.39 Å². The molecule has 0 radical (unpaired) electrons. The van der Waals surface area contributed by atoms with Gasteiger partial charge in [0.25, 0.3) is 5.91 Å². The number of aryl methyl sites for hydroxylation is 1. The highest BCUT2D eigenvalue weighted by Gasteiger charge is 2.41. The van der Waals surface area contributed by atoms with Crippen molar-refractivity contribution in [1.29, 1.82) is 0 Å². The number of fused-ring (bicyclic) bond motifs is 2. The maximum atomic E-state index is 14.8. The lowest BCUT2D eigenvalue weighted by molar-refractivity contribution is -0.136. The van der Waals surface area contributed by atoms with E-state index in [0.29, 0.717) is 23.8 Å². The second kappa shape index (κ2) is 15.1. The summed E-state index contributed by atoms with van der Waals surface area (Å²) in [4.78, 5) is 41.4. The molecule has 2 fully saturated rings. The Balaban J connectivity index is 0.823. The lowest BCUT2D eigenvalue weighted by Crippen LogP contribution is -2.52. The number of ether oxygens (including phenoxy) is 1. The number of hydrogen-bond acceptors (Lipinski definition) is 6. The highest BCUT2D eigenvalue weighted by atomic mass is 19.1. The first kappa shape index (κ1) is 35.0. The fraction of sp³-hybridized carbons (Fsp3) is 0.386. The summed E-state index contributed by atoms with van der Waals surface area (Å²) in [5.41, 5.74) is 7.15. The van der Waals surface area contributed by atoms with Gasteiger partial charge in [0.1, 0.15) is 23.4 Å². The molecular weight excluding hydrogens is 669 g/mol. The van der Waals surface area contributed by atoms with E-state index in [4.69, 9.17) is 4.74 Å². The molecule has 8 nitrogen and oxygen atoms in total. The van der Waals surface area contributed by atoms with Crippen molar-refractivity contribution < 1.29 is 28.6 Å².